The Hall–Kier alpha value is -0.200. The molecule has 0 amide bonds. The molecule has 5 nitrogen and oxygen atoms in total. The Labute approximate surface area is 79.3 Å². The van der Waals surface area contributed by atoms with E-state index in [2.05, 4.69) is 5.32 Å². The van der Waals surface area contributed by atoms with Crippen LogP contribution in [0.2, 0.25) is 0 Å². The van der Waals surface area contributed by atoms with E-state index in [1.54, 1.807) is 14.2 Å². The van der Waals surface area contributed by atoms with Crippen LogP contribution in [0.25, 0.3) is 0 Å². The maximum atomic E-state index is 5.03. The Morgan fingerprint density at radius 1 is 0.846 bits per heavy atom. The second-order valence-corrected chi connectivity index (χ2v) is 2.30. The highest BCUT2D eigenvalue weighted by Gasteiger charge is 1.90. The molecule has 0 rings (SSSR count). The first-order chi connectivity index (χ1) is 6.41. The van der Waals surface area contributed by atoms with Crippen LogP contribution in [0.4, 0.5) is 0 Å². The lowest BCUT2D eigenvalue weighted by Crippen LogP contribution is -2.18. The van der Waals surface area contributed by atoms with Crippen LogP contribution in [0.3, 0.4) is 0 Å². The summed E-state index contributed by atoms with van der Waals surface area (Å²) in [6.45, 7) is 3.21. The first-order valence-electron chi connectivity index (χ1n) is 4.18. The maximum absolute atomic E-state index is 5.03. The Balaban J connectivity index is 2.76. The molecule has 0 spiro atoms. The molecule has 79 valence electrons. The number of methoxy groups -OCH3 is 2. The van der Waals surface area contributed by atoms with Crippen molar-refractivity contribution in [3.8, 4) is 0 Å². The zero-order valence-corrected chi connectivity index (χ0v) is 8.32. The van der Waals surface area contributed by atoms with Gasteiger partial charge in [0.05, 0.1) is 13.2 Å². The highest BCUT2D eigenvalue weighted by molar-refractivity contribution is 4.42. The molecule has 0 aromatic rings. The van der Waals surface area contributed by atoms with Gasteiger partial charge in [0.2, 0.25) is 0 Å². The molecule has 0 saturated heterocycles. The van der Waals surface area contributed by atoms with E-state index in [4.69, 9.17) is 18.9 Å². The fraction of sp³-hybridized carbons (Fsp3) is 1.00. The number of rotatable bonds is 10. The van der Waals surface area contributed by atoms with Gasteiger partial charge in [-0.25, -0.2) is 5.32 Å². The van der Waals surface area contributed by atoms with Crippen LogP contribution in [0.5, 0.6) is 0 Å². The lowest BCUT2D eigenvalue weighted by molar-refractivity contribution is -0.0349. The minimum absolute atomic E-state index is 0.329. The molecule has 0 atom stereocenters. The standard InChI is InChI=1S/C8H18NO4/c1-10-7-12-5-3-9-4-6-13-8-11-2/h3-8H2,1-2H3. The SMILES string of the molecule is COCOCC[N]CCOCOC. The van der Waals surface area contributed by atoms with E-state index in [9.17, 15) is 0 Å². The van der Waals surface area contributed by atoms with Crippen LogP contribution in [0.1, 0.15) is 0 Å². The molecule has 1 radical (unpaired) electrons. The van der Waals surface area contributed by atoms with E-state index in [0.717, 1.165) is 0 Å². The number of ether oxygens (including phenoxy) is 4. The first kappa shape index (κ1) is 12.8. The summed E-state index contributed by atoms with van der Waals surface area (Å²) >= 11 is 0. The molecule has 13 heavy (non-hydrogen) atoms. The molecule has 0 heterocycles. The average Bonchev–Trinajstić information content (AvgIpc) is 2.16. The van der Waals surface area contributed by atoms with Crippen molar-refractivity contribution < 1.29 is 18.9 Å². The van der Waals surface area contributed by atoms with Gasteiger partial charge in [0.1, 0.15) is 13.6 Å². The van der Waals surface area contributed by atoms with E-state index >= 15 is 0 Å². The van der Waals surface area contributed by atoms with Gasteiger partial charge in [0.25, 0.3) is 0 Å². The Bertz CT molecular complexity index is 82.2. The summed E-state index contributed by atoms with van der Waals surface area (Å²) in [7, 11) is 3.19. The Morgan fingerprint density at radius 2 is 1.31 bits per heavy atom. The van der Waals surface area contributed by atoms with Gasteiger partial charge in [-0.3, -0.25) is 0 Å². The van der Waals surface area contributed by atoms with Crippen molar-refractivity contribution in [3.05, 3.63) is 0 Å². The summed E-state index contributed by atoms with van der Waals surface area (Å²) in [6, 6.07) is 0. The van der Waals surface area contributed by atoms with Gasteiger partial charge in [0, 0.05) is 27.3 Å². The second-order valence-electron chi connectivity index (χ2n) is 2.30. The van der Waals surface area contributed by atoms with Crippen LogP contribution in [-0.4, -0.2) is 54.1 Å². The molecular weight excluding hydrogens is 174 g/mol. The van der Waals surface area contributed by atoms with Gasteiger partial charge in [-0.2, -0.15) is 0 Å². The molecule has 0 aliphatic heterocycles. The molecule has 5 heteroatoms. The van der Waals surface area contributed by atoms with E-state index in [-0.39, 0.29) is 0 Å². The molecule has 0 aromatic carbocycles. The Kier molecular flexibility index (Phi) is 11.6. The Morgan fingerprint density at radius 3 is 1.69 bits per heavy atom. The number of hydrogen-bond acceptors (Lipinski definition) is 4. The average molecular weight is 192 g/mol. The van der Waals surface area contributed by atoms with Crippen LogP contribution in [-0.2, 0) is 18.9 Å². The summed E-state index contributed by atoms with van der Waals surface area (Å²) in [5, 5.41) is 4.15. The van der Waals surface area contributed by atoms with E-state index in [0.29, 0.717) is 39.9 Å². The lowest BCUT2D eigenvalue weighted by Gasteiger charge is -2.04. The van der Waals surface area contributed by atoms with Crippen LogP contribution in [0.15, 0.2) is 0 Å². The predicted octanol–water partition coefficient (Wildman–Crippen LogP) is -0.168. The smallest absolute Gasteiger partial charge is 0.146 e. The lowest BCUT2D eigenvalue weighted by atomic mass is 10.6. The molecule has 0 saturated carbocycles. The zero-order chi connectivity index (χ0) is 9.78. The van der Waals surface area contributed by atoms with Crippen LogP contribution >= 0.6 is 0 Å². The third-order valence-corrected chi connectivity index (χ3v) is 1.19. The molecule has 0 bridgehead atoms. The molecular formula is C8H18NO4. The monoisotopic (exact) mass is 192 g/mol. The third-order valence-electron chi connectivity index (χ3n) is 1.19. The number of hydrogen-bond donors (Lipinski definition) is 0. The minimum atomic E-state index is 0.329. The van der Waals surface area contributed by atoms with Crippen molar-refractivity contribution >= 4 is 0 Å². The van der Waals surface area contributed by atoms with Gasteiger partial charge in [-0.1, -0.05) is 0 Å². The third kappa shape index (κ3) is 11.8. The largest absolute Gasteiger partial charge is 0.359 e. The van der Waals surface area contributed by atoms with Crippen molar-refractivity contribution in [2.24, 2.45) is 0 Å². The van der Waals surface area contributed by atoms with Crippen molar-refractivity contribution in [2.75, 3.05) is 54.1 Å². The van der Waals surface area contributed by atoms with Crippen molar-refractivity contribution in [2.45, 2.75) is 0 Å². The van der Waals surface area contributed by atoms with Crippen LogP contribution in [0, 0.1) is 0 Å². The van der Waals surface area contributed by atoms with E-state index in [1.165, 1.54) is 0 Å². The first-order valence-corrected chi connectivity index (χ1v) is 4.18. The molecule has 0 fully saturated rings. The molecule has 0 aliphatic rings. The van der Waals surface area contributed by atoms with Gasteiger partial charge in [-0.05, 0) is 0 Å². The normalized spacial score (nSPS) is 10.6. The van der Waals surface area contributed by atoms with E-state index in [1.807, 2.05) is 0 Å². The summed E-state index contributed by atoms with van der Waals surface area (Å²) in [4.78, 5) is 0. The summed E-state index contributed by atoms with van der Waals surface area (Å²) in [5.41, 5.74) is 0. The van der Waals surface area contributed by atoms with Gasteiger partial charge < -0.3 is 18.9 Å². The number of nitrogens with zero attached hydrogens (tertiary/aromatic N) is 1. The van der Waals surface area contributed by atoms with Gasteiger partial charge >= 0.3 is 0 Å². The van der Waals surface area contributed by atoms with Gasteiger partial charge in [-0.15, -0.1) is 0 Å². The highest BCUT2D eigenvalue weighted by atomic mass is 16.7. The predicted molar refractivity (Wildman–Crippen MR) is 47.5 cm³/mol. The molecule has 0 aromatic heterocycles. The fourth-order valence-corrected chi connectivity index (χ4v) is 0.655. The highest BCUT2D eigenvalue weighted by Crippen LogP contribution is 1.76. The summed E-state index contributed by atoms with van der Waals surface area (Å²) in [5.74, 6) is 0. The summed E-state index contributed by atoms with van der Waals surface area (Å²) in [6.07, 6.45) is 0. The van der Waals surface area contributed by atoms with E-state index < -0.39 is 0 Å². The van der Waals surface area contributed by atoms with Crippen molar-refractivity contribution in [3.63, 3.8) is 0 Å². The maximum Gasteiger partial charge on any atom is 0.146 e. The molecule has 0 unspecified atom stereocenters. The van der Waals surface area contributed by atoms with Crippen LogP contribution < -0.4 is 5.32 Å². The topological polar surface area (TPSA) is 51.0 Å². The summed E-state index contributed by atoms with van der Waals surface area (Å²) < 4.78 is 19.5. The quantitative estimate of drug-likeness (QED) is 0.356. The molecule has 0 N–H and O–H groups in total. The van der Waals surface area contributed by atoms with Gasteiger partial charge in [0.15, 0.2) is 0 Å². The minimum Gasteiger partial charge on any atom is -0.359 e. The van der Waals surface area contributed by atoms with Crippen molar-refractivity contribution in [1.29, 1.82) is 0 Å². The zero-order valence-electron chi connectivity index (χ0n) is 8.32. The fourth-order valence-electron chi connectivity index (χ4n) is 0.655. The van der Waals surface area contributed by atoms with Crippen molar-refractivity contribution in [1.82, 2.24) is 5.32 Å². The second kappa shape index (κ2) is 11.8. The molecule has 0 aliphatic carbocycles.